The van der Waals surface area contributed by atoms with Crippen LogP contribution in [0.15, 0.2) is 84.9 Å². The van der Waals surface area contributed by atoms with E-state index < -0.39 is 0 Å². The molecule has 0 aliphatic rings. The van der Waals surface area contributed by atoms with Crippen LogP contribution in [-0.4, -0.2) is 32.0 Å². The van der Waals surface area contributed by atoms with E-state index in [2.05, 4.69) is 72.2 Å². The third-order valence-corrected chi connectivity index (χ3v) is 6.81. The first-order valence-electron chi connectivity index (χ1n) is 12.6. The van der Waals surface area contributed by atoms with Gasteiger partial charge in [-0.15, -0.1) is 0 Å². The molecule has 0 saturated carbocycles. The van der Waals surface area contributed by atoms with E-state index in [9.17, 15) is 0 Å². The van der Waals surface area contributed by atoms with E-state index in [0.29, 0.717) is 6.61 Å². The number of rotatable bonds is 10. The fourth-order valence-corrected chi connectivity index (χ4v) is 4.78. The van der Waals surface area contributed by atoms with E-state index in [4.69, 9.17) is 14.2 Å². The monoisotopic (exact) mass is 479 g/mol. The molecule has 0 unspecified atom stereocenters. The van der Waals surface area contributed by atoms with E-state index in [1.54, 1.807) is 14.2 Å². The van der Waals surface area contributed by atoms with Gasteiger partial charge in [-0.1, -0.05) is 49.7 Å². The molecule has 0 spiro atoms. The van der Waals surface area contributed by atoms with Crippen molar-refractivity contribution in [1.82, 2.24) is 4.57 Å². The lowest BCUT2D eigenvalue weighted by atomic mass is 10.00. The molecule has 0 amide bonds. The lowest BCUT2D eigenvalue weighted by Gasteiger charge is -2.09. The summed E-state index contributed by atoms with van der Waals surface area (Å²) >= 11 is 0. The molecule has 0 bridgehead atoms. The Balaban J connectivity index is 1.59. The maximum Gasteiger partial charge on any atom is 0.118 e. The zero-order valence-electron chi connectivity index (χ0n) is 21.3. The molecule has 4 heteroatoms. The normalized spacial score (nSPS) is 11.3. The van der Waals surface area contributed by atoms with Crippen LogP contribution >= 0.6 is 0 Å². The van der Waals surface area contributed by atoms with Crippen LogP contribution in [0.2, 0.25) is 0 Å². The average Bonchev–Trinajstić information content (AvgIpc) is 3.25. The lowest BCUT2D eigenvalue weighted by Crippen LogP contribution is -2.06. The summed E-state index contributed by atoms with van der Waals surface area (Å²) in [5.41, 5.74) is 7.19. The van der Waals surface area contributed by atoms with Crippen LogP contribution in [-0.2, 0) is 11.3 Å². The zero-order valence-corrected chi connectivity index (χ0v) is 21.3. The van der Waals surface area contributed by atoms with Gasteiger partial charge in [-0.3, -0.25) is 0 Å². The Morgan fingerprint density at radius 1 is 0.583 bits per heavy atom. The van der Waals surface area contributed by atoms with E-state index >= 15 is 0 Å². The van der Waals surface area contributed by atoms with Gasteiger partial charge in [0.2, 0.25) is 0 Å². The first kappa shape index (κ1) is 24.0. The van der Waals surface area contributed by atoms with Crippen LogP contribution < -0.4 is 9.47 Å². The smallest absolute Gasteiger partial charge is 0.118 e. The molecule has 5 rings (SSSR count). The summed E-state index contributed by atoms with van der Waals surface area (Å²) < 4.78 is 19.0. The molecular formula is C32H33NO3. The molecular weight excluding hydrogens is 446 g/mol. The average molecular weight is 480 g/mol. The number of nitrogens with zero attached hydrogens (tertiary/aromatic N) is 1. The van der Waals surface area contributed by atoms with Crippen molar-refractivity contribution in [2.24, 2.45) is 0 Å². The quantitative estimate of drug-likeness (QED) is 0.190. The van der Waals surface area contributed by atoms with Crippen molar-refractivity contribution in [2.75, 3.05) is 27.4 Å². The van der Waals surface area contributed by atoms with Gasteiger partial charge in [0.1, 0.15) is 11.5 Å². The van der Waals surface area contributed by atoms with Crippen molar-refractivity contribution >= 4 is 21.8 Å². The third-order valence-electron chi connectivity index (χ3n) is 6.81. The second kappa shape index (κ2) is 10.9. The van der Waals surface area contributed by atoms with Crippen LogP contribution in [0.4, 0.5) is 0 Å². The number of hydrogen-bond donors (Lipinski definition) is 0. The van der Waals surface area contributed by atoms with Crippen LogP contribution in [0.5, 0.6) is 11.5 Å². The summed E-state index contributed by atoms with van der Waals surface area (Å²) in [6.45, 7) is 4.54. The van der Waals surface area contributed by atoms with Gasteiger partial charge >= 0.3 is 0 Å². The molecule has 4 nitrogen and oxygen atoms in total. The highest BCUT2D eigenvalue weighted by Gasteiger charge is 2.13. The van der Waals surface area contributed by atoms with Gasteiger partial charge in [0.25, 0.3) is 0 Å². The Kier molecular flexibility index (Phi) is 7.24. The van der Waals surface area contributed by atoms with Crippen molar-refractivity contribution in [3.05, 3.63) is 84.9 Å². The predicted molar refractivity (Wildman–Crippen MR) is 149 cm³/mol. The summed E-state index contributed by atoms with van der Waals surface area (Å²) in [4.78, 5) is 0. The fourth-order valence-electron chi connectivity index (χ4n) is 4.78. The van der Waals surface area contributed by atoms with E-state index in [1.165, 1.54) is 44.1 Å². The number of ether oxygens (including phenoxy) is 3. The van der Waals surface area contributed by atoms with Gasteiger partial charge in [0, 0.05) is 35.0 Å². The minimum absolute atomic E-state index is 0.708. The van der Waals surface area contributed by atoms with E-state index in [-0.39, 0.29) is 0 Å². The van der Waals surface area contributed by atoms with Crippen LogP contribution in [0.25, 0.3) is 44.1 Å². The molecule has 184 valence electrons. The van der Waals surface area contributed by atoms with Gasteiger partial charge in [0.15, 0.2) is 0 Å². The van der Waals surface area contributed by atoms with Gasteiger partial charge in [-0.2, -0.15) is 0 Å². The minimum atomic E-state index is 0.708. The molecule has 36 heavy (non-hydrogen) atoms. The molecule has 0 aliphatic carbocycles. The van der Waals surface area contributed by atoms with Crippen molar-refractivity contribution in [1.29, 1.82) is 0 Å². The van der Waals surface area contributed by atoms with E-state index in [0.717, 1.165) is 37.5 Å². The zero-order chi connectivity index (χ0) is 24.9. The number of methoxy groups -OCH3 is 2. The lowest BCUT2D eigenvalue weighted by molar-refractivity contribution is 0.125. The molecule has 4 aromatic carbocycles. The first-order valence-corrected chi connectivity index (χ1v) is 12.6. The van der Waals surface area contributed by atoms with Crippen molar-refractivity contribution in [3.8, 4) is 33.8 Å². The molecule has 0 fully saturated rings. The summed E-state index contributed by atoms with van der Waals surface area (Å²) in [7, 11) is 3.39. The second-order valence-electron chi connectivity index (χ2n) is 9.04. The second-order valence-corrected chi connectivity index (χ2v) is 9.04. The molecule has 1 heterocycles. The Morgan fingerprint density at radius 3 is 1.50 bits per heavy atom. The number of hydrogen-bond acceptors (Lipinski definition) is 3. The van der Waals surface area contributed by atoms with Gasteiger partial charge < -0.3 is 18.8 Å². The van der Waals surface area contributed by atoms with Gasteiger partial charge in [-0.05, 0) is 77.2 Å². The van der Waals surface area contributed by atoms with Crippen LogP contribution in [0.1, 0.15) is 19.8 Å². The number of benzene rings is 4. The molecule has 0 atom stereocenters. The first-order chi connectivity index (χ1) is 17.7. The van der Waals surface area contributed by atoms with Crippen LogP contribution in [0, 0.1) is 0 Å². The van der Waals surface area contributed by atoms with Crippen molar-refractivity contribution < 1.29 is 14.2 Å². The van der Waals surface area contributed by atoms with E-state index in [1.807, 2.05) is 24.3 Å². The molecule has 0 radical (unpaired) electrons. The maximum atomic E-state index is 5.93. The highest BCUT2D eigenvalue weighted by atomic mass is 16.5. The summed E-state index contributed by atoms with van der Waals surface area (Å²) in [6.07, 6.45) is 2.25. The molecule has 5 aromatic rings. The Bertz CT molecular complexity index is 1340. The third kappa shape index (κ3) is 4.82. The number of aromatic nitrogens is 1. The Morgan fingerprint density at radius 2 is 1.06 bits per heavy atom. The number of unbranched alkanes of at least 4 members (excludes halogenated alkanes) is 1. The predicted octanol–water partition coefficient (Wildman–Crippen LogP) is 7.96. The topological polar surface area (TPSA) is 32.6 Å². The summed E-state index contributed by atoms with van der Waals surface area (Å²) in [5, 5.41) is 2.50. The van der Waals surface area contributed by atoms with Gasteiger partial charge in [-0.25, -0.2) is 0 Å². The molecule has 0 saturated heterocycles. The van der Waals surface area contributed by atoms with Crippen molar-refractivity contribution in [2.45, 2.75) is 26.3 Å². The van der Waals surface area contributed by atoms with Crippen LogP contribution in [0.3, 0.4) is 0 Å². The highest BCUT2D eigenvalue weighted by Crippen LogP contribution is 2.36. The maximum absolute atomic E-state index is 5.93. The standard InChI is InChI=1S/C32H33NO3/c1-4-5-19-36-20-18-33-31-16-10-25(23-6-12-27(34-2)13-7-23)21-29(31)30-22-26(11-17-32(30)33)24-8-14-28(35-3)15-9-24/h6-17,21-22H,4-5,18-20H2,1-3H3. The summed E-state index contributed by atoms with van der Waals surface area (Å²) in [6, 6.07) is 30.0. The van der Waals surface area contributed by atoms with Crippen molar-refractivity contribution in [3.63, 3.8) is 0 Å². The minimum Gasteiger partial charge on any atom is -0.497 e. The molecule has 0 aliphatic heterocycles. The summed E-state index contributed by atoms with van der Waals surface area (Å²) in [5.74, 6) is 1.73. The number of fused-ring (bicyclic) bond motifs is 3. The molecule has 0 N–H and O–H groups in total. The highest BCUT2D eigenvalue weighted by molar-refractivity contribution is 6.10. The largest absolute Gasteiger partial charge is 0.497 e. The molecule has 1 aromatic heterocycles. The Labute approximate surface area is 213 Å². The SMILES string of the molecule is CCCCOCCn1c2ccc(-c3ccc(OC)cc3)cc2c2cc(-c3ccc(OC)cc3)ccc21. The Hall–Kier alpha value is -3.76. The van der Waals surface area contributed by atoms with Gasteiger partial charge in [0.05, 0.1) is 20.8 Å². The fraction of sp³-hybridized carbons (Fsp3) is 0.250.